The Kier molecular flexibility index (Phi) is 3.07. The minimum Gasteiger partial charge on any atom is -0.503 e. The lowest BCUT2D eigenvalue weighted by atomic mass is 9.85. The van der Waals surface area contributed by atoms with Crippen LogP contribution in [0.5, 0.6) is 5.75 Å². The maximum atomic E-state index is 11.2. The molecule has 0 aliphatic heterocycles. The van der Waals surface area contributed by atoms with Crippen molar-refractivity contribution in [3.8, 4) is 5.75 Å². The van der Waals surface area contributed by atoms with Crippen molar-refractivity contribution in [2.45, 2.75) is 33.6 Å². The molecule has 0 aliphatic carbocycles. The molecule has 0 bridgehead atoms. The highest BCUT2D eigenvalue weighted by molar-refractivity contribution is 5.20. The number of nitrogens with zero attached hydrogens (tertiary/aromatic N) is 1. The molecule has 0 saturated heterocycles. The summed E-state index contributed by atoms with van der Waals surface area (Å²) in [5.74, 6) is -0.435. The van der Waals surface area contributed by atoms with E-state index >= 15 is 0 Å². The van der Waals surface area contributed by atoms with E-state index in [9.17, 15) is 10.0 Å². The molecule has 1 heterocycles. The normalized spacial score (nSPS) is 11.7. The van der Waals surface area contributed by atoms with Crippen LogP contribution in [0.3, 0.4) is 0 Å². The molecule has 0 fully saturated rings. The van der Waals surface area contributed by atoms with Crippen LogP contribution in [-0.2, 0) is 6.42 Å². The SMILES string of the molecule is CCC(C)(C)Cc1cc(=O)c(O)cn1O. The fraction of sp³-hybridized carbons (Fsp3) is 0.545. The zero-order valence-corrected chi connectivity index (χ0v) is 9.32. The van der Waals surface area contributed by atoms with Crippen LogP contribution in [0.4, 0.5) is 0 Å². The molecule has 0 aromatic carbocycles. The van der Waals surface area contributed by atoms with Crippen LogP contribution < -0.4 is 5.43 Å². The van der Waals surface area contributed by atoms with Crippen LogP contribution in [0.25, 0.3) is 0 Å². The van der Waals surface area contributed by atoms with Gasteiger partial charge in [0.05, 0.1) is 11.9 Å². The Morgan fingerprint density at radius 3 is 2.60 bits per heavy atom. The van der Waals surface area contributed by atoms with E-state index in [2.05, 4.69) is 20.8 Å². The van der Waals surface area contributed by atoms with Gasteiger partial charge in [0.25, 0.3) is 0 Å². The molecule has 15 heavy (non-hydrogen) atoms. The lowest BCUT2D eigenvalue weighted by molar-refractivity contribution is 0.162. The van der Waals surface area contributed by atoms with Crippen LogP contribution in [0, 0.1) is 5.41 Å². The average Bonchev–Trinajstić information content (AvgIpc) is 2.14. The van der Waals surface area contributed by atoms with Gasteiger partial charge in [0.1, 0.15) is 0 Å². The minimum atomic E-state index is -0.456. The standard InChI is InChI=1S/C11H17NO3/c1-4-11(2,3)6-8-5-9(13)10(14)7-12(8)15/h5,7,14-15H,4,6H2,1-3H3. The first-order valence-corrected chi connectivity index (χ1v) is 4.99. The molecule has 0 atom stereocenters. The Hall–Kier alpha value is -1.45. The number of hydrogen-bond acceptors (Lipinski definition) is 3. The van der Waals surface area contributed by atoms with Gasteiger partial charge in [-0.15, -0.1) is 0 Å². The fourth-order valence-corrected chi connectivity index (χ4v) is 1.30. The maximum Gasteiger partial charge on any atom is 0.223 e. The number of pyridine rings is 1. The summed E-state index contributed by atoms with van der Waals surface area (Å²) in [6.45, 7) is 6.18. The highest BCUT2D eigenvalue weighted by Crippen LogP contribution is 2.24. The Labute approximate surface area is 88.8 Å². The number of hydrogen-bond donors (Lipinski definition) is 2. The van der Waals surface area contributed by atoms with Gasteiger partial charge in [-0.25, -0.2) is 0 Å². The van der Waals surface area contributed by atoms with Crippen LogP contribution in [0.2, 0.25) is 0 Å². The summed E-state index contributed by atoms with van der Waals surface area (Å²) in [5.41, 5.74) is 0.0836. The van der Waals surface area contributed by atoms with Crippen molar-refractivity contribution < 1.29 is 10.3 Å². The predicted octanol–water partition coefficient (Wildman–Crippen LogP) is 1.77. The summed E-state index contributed by atoms with van der Waals surface area (Å²) in [6.07, 6.45) is 2.57. The molecule has 2 N–H and O–H groups in total. The number of aromatic hydroxyl groups is 1. The molecule has 4 nitrogen and oxygen atoms in total. The van der Waals surface area contributed by atoms with Crippen molar-refractivity contribution in [1.29, 1.82) is 0 Å². The monoisotopic (exact) mass is 211 g/mol. The van der Waals surface area contributed by atoms with E-state index in [1.54, 1.807) is 0 Å². The first-order chi connectivity index (χ1) is 6.85. The Morgan fingerprint density at radius 2 is 2.07 bits per heavy atom. The number of rotatable bonds is 3. The van der Waals surface area contributed by atoms with E-state index in [0.29, 0.717) is 12.1 Å². The van der Waals surface area contributed by atoms with E-state index in [1.807, 2.05) is 0 Å². The van der Waals surface area contributed by atoms with Gasteiger partial charge in [-0.3, -0.25) is 4.79 Å². The molecule has 1 rings (SSSR count). The largest absolute Gasteiger partial charge is 0.503 e. The molecule has 0 saturated carbocycles. The molecule has 4 heteroatoms. The summed E-state index contributed by atoms with van der Waals surface area (Å²) in [4.78, 5) is 11.2. The Morgan fingerprint density at radius 1 is 1.47 bits per heavy atom. The van der Waals surface area contributed by atoms with Gasteiger partial charge in [0.2, 0.25) is 5.43 Å². The van der Waals surface area contributed by atoms with E-state index < -0.39 is 11.2 Å². The van der Waals surface area contributed by atoms with Gasteiger partial charge in [0.15, 0.2) is 5.75 Å². The second kappa shape index (κ2) is 3.96. The molecular weight excluding hydrogens is 194 g/mol. The fourth-order valence-electron chi connectivity index (χ4n) is 1.30. The third-order valence-corrected chi connectivity index (χ3v) is 2.71. The van der Waals surface area contributed by atoms with Crippen LogP contribution in [0.15, 0.2) is 17.1 Å². The van der Waals surface area contributed by atoms with Gasteiger partial charge in [0, 0.05) is 6.07 Å². The van der Waals surface area contributed by atoms with Gasteiger partial charge >= 0.3 is 0 Å². The zero-order valence-electron chi connectivity index (χ0n) is 9.32. The third-order valence-electron chi connectivity index (χ3n) is 2.71. The number of aromatic nitrogens is 1. The highest BCUT2D eigenvalue weighted by Gasteiger charge is 2.18. The Balaban J connectivity index is 3.06. The van der Waals surface area contributed by atoms with Gasteiger partial charge in [-0.1, -0.05) is 27.2 Å². The summed E-state index contributed by atoms with van der Waals surface area (Å²) in [5, 5.41) is 18.6. The van der Waals surface area contributed by atoms with Crippen LogP contribution in [-0.4, -0.2) is 15.0 Å². The first kappa shape index (κ1) is 11.6. The molecule has 0 amide bonds. The molecule has 0 unspecified atom stereocenters. The minimum absolute atomic E-state index is 0.0217. The maximum absolute atomic E-state index is 11.2. The van der Waals surface area contributed by atoms with E-state index in [0.717, 1.165) is 17.3 Å². The van der Waals surface area contributed by atoms with Crippen molar-refractivity contribution in [2.24, 2.45) is 5.41 Å². The van der Waals surface area contributed by atoms with Crippen LogP contribution in [0.1, 0.15) is 32.9 Å². The van der Waals surface area contributed by atoms with Gasteiger partial charge in [-0.05, 0) is 11.8 Å². The Bertz CT molecular complexity index is 407. The van der Waals surface area contributed by atoms with Crippen molar-refractivity contribution in [1.82, 2.24) is 4.73 Å². The molecule has 1 aromatic heterocycles. The van der Waals surface area contributed by atoms with E-state index in [-0.39, 0.29) is 5.41 Å². The second-order valence-electron chi connectivity index (χ2n) is 4.55. The smallest absolute Gasteiger partial charge is 0.223 e. The summed E-state index contributed by atoms with van der Waals surface area (Å²) in [7, 11) is 0. The van der Waals surface area contributed by atoms with Crippen molar-refractivity contribution in [3.63, 3.8) is 0 Å². The second-order valence-corrected chi connectivity index (χ2v) is 4.55. The summed E-state index contributed by atoms with van der Waals surface area (Å²) < 4.78 is 0.814. The first-order valence-electron chi connectivity index (χ1n) is 4.99. The molecule has 0 radical (unpaired) electrons. The van der Waals surface area contributed by atoms with Gasteiger partial charge < -0.3 is 10.3 Å². The topological polar surface area (TPSA) is 62.5 Å². The van der Waals surface area contributed by atoms with Gasteiger partial charge in [-0.2, -0.15) is 4.73 Å². The van der Waals surface area contributed by atoms with Crippen molar-refractivity contribution in [2.75, 3.05) is 0 Å². The summed E-state index contributed by atoms with van der Waals surface area (Å²) >= 11 is 0. The third kappa shape index (κ3) is 2.75. The highest BCUT2D eigenvalue weighted by atomic mass is 16.5. The molecular formula is C11H17NO3. The molecule has 84 valence electrons. The average molecular weight is 211 g/mol. The zero-order chi connectivity index (χ0) is 11.6. The molecule has 1 aromatic rings. The lowest BCUT2D eigenvalue weighted by Gasteiger charge is -2.23. The molecule has 0 spiro atoms. The van der Waals surface area contributed by atoms with Crippen molar-refractivity contribution in [3.05, 3.63) is 28.2 Å². The molecule has 0 aliphatic rings. The lowest BCUT2D eigenvalue weighted by Crippen LogP contribution is -2.19. The predicted molar refractivity (Wildman–Crippen MR) is 57.3 cm³/mol. The summed E-state index contributed by atoms with van der Waals surface area (Å²) in [6, 6.07) is 1.27. The quantitative estimate of drug-likeness (QED) is 0.749. The van der Waals surface area contributed by atoms with Crippen LogP contribution >= 0.6 is 0 Å². The van der Waals surface area contributed by atoms with Crippen molar-refractivity contribution >= 4 is 0 Å². The van der Waals surface area contributed by atoms with E-state index in [1.165, 1.54) is 6.07 Å². The van der Waals surface area contributed by atoms with E-state index in [4.69, 9.17) is 5.11 Å².